The molecule has 150 valence electrons. The van der Waals surface area contributed by atoms with Gasteiger partial charge in [-0.05, 0) is 31.2 Å². The number of sulfone groups is 1. The first-order chi connectivity index (χ1) is 13.6. The van der Waals surface area contributed by atoms with Crippen LogP contribution in [-0.2, 0) is 9.84 Å². The summed E-state index contributed by atoms with van der Waals surface area (Å²) in [5, 5.41) is 3.81. The lowest BCUT2D eigenvalue weighted by Gasteiger charge is -2.14. The van der Waals surface area contributed by atoms with Gasteiger partial charge in [0.05, 0.1) is 27.0 Å². The summed E-state index contributed by atoms with van der Waals surface area (Å²) in [6.07, 6.45) is 0.978. The highest BCUT2D eigenvalue weighted by Gasteiger charge is 2.32. The molecule has 4 rings (SSSR count). The van der Waals surface area contributed by atoms with Gasteiger partial charge in [-0.25, -0.2) is 21.9 Å². The molecule has 0 amide bonds. The van der Waals surface area contributed by atoms with Crippen LogP contribution in [0, 0.1) is 11.6 Å². The van der Waals surface area contributed by atoms with Crippen LogP contribution < -0.4 is 0 Å². The second-order valence-electron chi connectivity index (χ2n) is 6.44. The maximum Gasteiger partial charge on any atom is 0.267 e. The van der Waals surface area contributed by atoms with Crippen molar-refractivity contribution >= 4 is 38.8 Å². The van der Waals surface area contributed by atoms with Crippen molar-refractivity contribution < 1.29 is 17.2 Å². The Kier molecular flexibility index (Phi) is 4.71. The van der Waals surface area contributed by atoms with Crippen LogP contribution in [-0.4, -0.2) is 35.1 Å². The summed E-state index contributed by atoms with van der Waals surface area (Å²) in [5.41, 5.74) is -0.0658. The molecule has 0 N–H and O–H groups in total. The number of benzene rings is 2. The molecule has 0 fully saturated rings. The molecule has 0 unspecified atom stereocenters. The van der Waals surface area contributed by atoms with Crippen LogP contribution in [0.15, 0.2) is 40.5 Å². The summed E-state index contributed by atoms with van der Waals surface area (Å²) < 4.78 is 54.3. The average Bonchev–Trinajstić information content (AvgIpc) is 3.04. The molecule has 1 atom stereocenters. The number of aliphatic imine (C=N–C) groups is 1. The van der Waals surface area contributed by atoms with Crippen LogP contribution in [0.25, 0.3) is 5.69 Å². The number of halogens is 4. The summed E-state index contributed by atoms with van der Waals surface area (Å²) in [6.45, 7) is 1.60. The van der Waals surface area contributed by atoms with Crippen LogP contribution >= 0.6 is 23.2 Å². The minimum Gasteiger partial charge on any atom is -0.273 e. The normalized spacial score (nSPS) is 16.1. The molecule has 1 aromatic heterocycles. The topological polar surface area (TPSA) is 77.2 Å². The Labute approximate surface area is 174 Å². The zero-order valence-electron chi connectivity index (χ0n) is 15.0. The van der Waals surface area contributed by atoms with Gasteiger partial charge in [0, 0.05) is 11.8 Å². The third kappa shape index (κ3) is 3.23. The minimum absolute atomic E-state index is 0.00188. The van der Waals surface area contributed by atoms with E-state index in [0.29, 0.717) is 0 Å². The first-order valence-corrected chi connectivity index (χ1v) is 10.9. The van der Waals surface area contributed by atoms with Crippen molar-refractivity contribution in [1.82, 2.24) is 14.8 Å². The zero-order chi connectivity index (χ0) is 21.1. The van der Waals surface area contributed by atoms with Crippen molar-refractivity contribution in [2.75, 3.05) is 6.26 Å². The van der Waals surface area contributed by atoms with Gasteiger partial charge < -0.3 is 0 Å². The van der Waals surface area contributed by atoms with Crippen molar-refractivity contribution in [1.29, 1.82) is 0 Å². The molecule has 0 saturated carbocycles. The predicted octanol–water partition coefficient (Wildman–Crippen LogP) is 4.17. The fourth-order valence-corrected chi connectivity index (χ4v) is 3.98. The van der Waals surface area contributed by atoms with Gasteiger partial charge in [-0.2, -0.15) is 4.98 Å². The summed E-state index contributed by atoms with van der Waals surface area (Å²) in [4.78, 5) is 8.50. The summed E-state index contributed by atoms with van der Waals surface area (Å²) in [6, 6.07) is 5.65. The number of fused-ring (bicyclic) bond motifs is 3. The molecule has 0 radical (unpaired) electrons. The Morgan fingerprint density at radius 3 is 2.34 bits per heavy atom. The SMILES string of the molecule is C[C@@H]1N=C(c2c(F)cccc2F)c2c(ccc(Cl)c2Cl)-n2nc(S(C)(=O)=O)nc21. The van der Waals surface area contributed by atoms with E-state index in [1.165, 1.54) is 22.9 Å². The fraction of sp³-hybridized carbons (Fsp3) is 0.167. The molecule has 11 heteroatoms. The van der Waals surface area contributed by atoms with E-state index >= 15 is 0 Å². The summed E-state index contributed by atoms with van der Waals surface area (Å²) in [5.74, 6) is -1.48. The maximum absolute atomic E-state index is 14.6. The monoisotopic (exact) mass is 456 g/mol. The molecule has 0 aliphatic carbocycles. The van der Waals surface area contributed by atoms with Crippen LogP contribution in [0.5, 0.6) is 0 Å². The molecule has 1 aliphatic heterocycles. The van der Waals surface area contributed by atoms with E-state index in [0.717, 1.165) is 18.4 Å². The van der Waals surface area contributed by atoms with Crippen molar-refractivity contribution in [3.8, 4) is 5.69 Å². The van der Waals surface area contributed by atoms with Crippen LogP contribution in [0.4, 0.5) is 8.78 Å². The lowest BCUT2D eigenvalue weighted by Crippen LogP contribution is -2.13. The highest BCUT2D eigenvalue weighted by atomic mass is 35.5. The van der Waals surface area contributed by atoms with Gasteiger partial charge in [0.25, 0.3) is 5.16 Å². The maximum atomic E-state index is 14.6. The molecule has 1 aliphatic rings. The van der Waals surface area contributed by atoms with E-state index in [2.05, 4.69) is 15.1 Å². The molecule has 2 aromatic carbocycles. The zero-order valence-corrected chi connectivity index (χ0v) is 17.3. The van der Waals surface area contributed by atoms with E-state index in [9.17, 15) is 17.2 Å². The predicted molar refractivity (Wildman–Crippen MR) is 105 cm³/mol. The Hall–Kier alpha value is -2.36. The van der Waals surface area contributed by atoms with Crippen molar-refractivity contribution in [2.24, 2.45) is 4.99 Å². The first-order valence-electron chi connectivity index (χ1n) is 8.27. The number of hydrogen-bond acceptors (Lipinski definition) is 5. The van der Waals surface area contributed by atoms with E-state index in [1.54, 1.807) is 6.92 Å². The molecular weight excluding hydrogens is 445 g/mol. The summed E-state index contributed by atoms with van der Waals surface area (Å²) in [7, 11) is -3.70. The quantitative estimate of drug-likeness (QED) is 0.579. The molecule has 6 nitrogen and oxygen atoms in total. The van der Waals surface area contributed by atoms with E-state index < -0.39 is 32.7 Å². The third-order valence-corrected chi connectivity index (χ3v) is 6.02. The number of rotatable bonds is 2. The van der Waals surface area contributed by atoms with Gasteiger partial charge in [0.1, 0.15) is 17.7 Å². The Bertz CT molecular complexity index is 1290. The fourth-order valence-electron chi connectivity index (χ4n) is 3.08. The van der Waals surface area contributed by atoms with Crippen molar-refractivity contribution in [3.05, 3.63) is 69.0 Å². The second-order valence-corrected chi connectivity index (χ2v) is 9.14. The van der Waals surface area contributed by atoms with Gasteiger partial charge in [-0.3, -0.25) is 4.99 Å². The van der Waals surface area contributed by atoms with E-state index in [1.807, 2.05) is 0 Å². The smallest absolute Gasteiger partial charge is 0.267 e. The van der Waals surface area contributed by atoms with Crippen LogP contribution in [0.3, 0.4) is 0 Å². The van der Waals surface area contributed by atoms with Gasteiger partial charge in [-0.1, -0.05) is 29.3 Å². The third-order valence-electron chi connectivity index (χ3n) is 4.38. The van der Waals surface area contributed by atoms with E-state index in [4.69, 9.17) is 23.2 Å². The minimum atomic E-state index is -3.70. The lowest BCUT2D eigenvalue weighted by atomic mass is 9.99. The van der Waals surface area contributed by atoms with Gasteiger partial charge in [0.15, 0.2) is 5.82 Å². The molecular formula is C18H12Cl2F2N4O2S. The van der Waals surface area contributed by atoms with E-state index in [-0.39, 0.29) is 38.4 Å². The molecule has 0 bridgehead atoms. The largest absolute Gasteiger partial charge is 0.273 e. The Balaban J connectivity index is 2.12. The Morgan fingerprint density at radius 2 is 1.72 bits per heavy atom. The van der Waals surface area contributed by atoms with Gasteiger partial charge >= 0.3 is 0 Å². The van der Waals surface area contributed by atoms with Crippen LogP contribution in [0.2, 0.25) is 10.0 Å². The molecule has 2 heterocycles. The number of nitrogens with zero attached hydrogens (tertiary/aromatic N) is 4. The first kappa shape index (κ1) is 19.9. The van der Waals surface area contributed by atoms with Crippen LogP contribution in [0.1, 0.15) is 29.9 Å². The number of hydrogen-bond donors (Lipinski definition) is 0. The molecule has 0 saturated heterocycles. The highest BCUT2D eigenvalue weighted by Crippen LogP contribution is 2.38. The number of aromatic nitrogens is 3. The van der Waals surface area contributed by atoms with Gasteiger partial charge in [0.2, 0.25) is 9.84 Å². The second kappa shape index (κ2) is 6.86. The summed E-state index contributed by atoms with van der Waals surface area (Å²) >= 11 is 12.6. The van der Waals surface area contributed by atoms with Crippen molar-refractivity contribution in [2.45, 2.75) is 18.1 Å². The molecule has 0 spiro atoms. The van der Waals surface area contributed by atoms with Gasteiger partial charge in [-0.15, -0.1) is 5.10 Å². The highest BCUT2D eigenvalue weighted by molar-refractivity contribution is 7.90. The standard InChI is InChI=1S/C18H12Cl2F2N4O2S/c1-8-17-24-18(29(2,27)28)25-26(17)12-7-6-9(19)15(20)14(12)16(23-8)13-10(21)4-3-5-11(13)22/h3-8H,1-2H3/t8-/m0/s1. The van der Waals surface area contributed by atoms with Crippen molar-refractivity contribution in [3.63, 3.8) is 0 Å². The lowest BCUT2D eigenvalue weighted by molar-refractivity contribution is 0.578. The molecule has 29 heavy (non-hydrogen) atoms. The average molecular weight is 457 g/mol. The molecule has 3 aromatic rings. The Morgan fingerprint density at radius 1 is 1.07 bits per heavy atom.